The molecule has 10 aromatic rings. The molecule has 1 heteroatoms. The van der Waals surface area contributed by atoms with Crippen molar-refractivity contribution in [3.8, 4) is 44.5 Å². The smallest absolute Gasteiger partial charge is 0.0462 e. The summed E-state index contributed by atoms with van der Waals surface area (Å²) < 4.78 is 0. The first-order valence-corrected chi connectivity index (χ1v) is 42.9. The molecule has 12 rings (SSSR count). The quantitative estimate of drug-likeness (QED) is 0.0345. The van der Waals surface area contributed by atoms with E-state index in [0.717, 1.165) is 35.5 Å². The van der Waals surface area contributed by atoms with Crippen LogP contribution in [0.25, 0.3) is 50.6 Å². The van der Waals surface area contributed by atoms with Gasteiger partial charge in [0, 0.05) is 39.2 Å². The van der Waals surface area contributed by atoms with Crippen LogP contribution >= 0.6 is 0 Å². The summed E-state index contributed by atoms with van der Waals surface area (Å²) in [4.78, 5) is 2.35. The van der Waals surface area contributed by atoms with Crippen LogP contribution < -0.4 is 4.90 Å². The lowest BCUT2D eigenvalue weighted by Gasteiger charge is -2.35. The fraction of sp³-hybridized carbons (Fsp3) is 0.415. The van der Waals surface area contributed by atoms with Crippen molar-refractivity contribution >= 4 is 23.1 Å². The Hall–Kier alpha value is -8.26. The lowest BCUT2D eigenvalue weighted by molar-refractivity contribution is 0.394. The van der Waals surface area contributed by atoms with Gasteiger partial charge in [-0.05, 0) is 212 Å². The van der Waals surface area contributed by atoms with E-state index in [-0.39, 0.29) is 22.2 Å². The van der Waals surface area contributed by atoms with Crippen molar-refractivity contribution in [1.29, 1.82) is 0 Å². The largest absolute Gasteiger partial charge is 0.311 e. The van der Waals surface area contributed by atoms with Gasteiger partial charge in [-0.25, -0.2) is 0 Å². The van der Waals surface area contributed by atoms with Gasteiger partial charge in [0.25, 0.3) is 0 Å². The highest BCUT2D eigenvalue weighted by molar-refractivity contribution is 5.91. The van der Waals surface area contributed by atoms with Crippen molar-refractivity contribution in [3.05, 3.63) is 298 Å². The van der Waals surface area contributed by atoms with E-state index in [9.17, 15) is 0 Å². The predicted octanol–water partition coefficient (Wildman–Crippen LogP) is 32.2. The highest BCUT2D eigenvalue weighted by Crippen LogP contribution is 2.62. The molecular formula is C106H129N. The molecule has 0 aromatic heterocycles. The van der Waals surface area contributed by atoms with Crippen molar-refractivity contribution in [2.75, 3.05) is 4.90 Å². The number of aryl methyl sites for hydroxylation is 2. The second-order valence-corrected chi connectivity index (χ2v) is 33.4. The SMILES string of the molecule is C=Cc1ccc(N(c2ccc(C)cc2)c2ccc(C(C)(C)c3ccc(C(CCc4ccc(-c5ccc6c(c5)C(CCCCCCCC)(CCCCCCCC)c5cc7c(cc5-6)C(CCCCCCCC)(CCCCCCCC)c5cc(C(C)C)ccc5-7)cc4)c4ccccc4-c4ccccc4)cc3)cc2)cc1. The van der Waals surface area contributed by atoms with Crippen LogP contribution in [0.2, 0.25) is 0 Å². The minimum atomic E-state index is -0.236. The molecule has 0 bridgehead atoms. The Morgan fingerprint density at radius 3 is 1.27 bits per heavy atom. The van der Waals surface area contributed by atoms with E-state index in [4.69, 9.17) is 0 Å². The Morgan fingerprint density at radius 1 is 0.364 bits per heavy atom. The molecule has 0 heterocycles. The van der Waals surface area contributed by atoms with Crippen molar-refractivity contribution in [1.82, 2.24) is 0 Å². The maximum absolute atomic E-state index is 4.01. The third-order valence-corrected chi connectivity index (χ3v) is 25.3. The van der Waals surface area contributed by atoms with Gasteiger partial charge in [-0.3, -0.25) is 0 Å². The molecule has 0 spiro atoms. The van der Waals surface area contributed by atoms with E-state index in [1.165, 1.54) is 247 Å². The number of hydrogen-bond acceptors (Lipinski definition) is 1. The Bertz CT molecular complexity index is 4370. The monoisotopic (exact) mass is 1420 g/mol. The zero-order valence-electron chi connectivity index (χ0n) is 67.5. The van der Waals surface area contributed by atoms with Gasteiger partial charge in [0.1, 0.15) is 0 Å². The van der Waals surface area contributed by atoms with E-state index < -0.39 is 0 Å². The van der Waals surface area contributed by atoms with Gasteiger partial charge in [0.05, 0.1) is 0 Å². The van der Waals surface area contributed by atoms with Crippen molar-refractivity contribution in [2.24, 2.45) is 0 Å². The second-order valence-electron chi connectivity index (χ2n) is 33.4. The number of fused-ring (bicyclic) bond motifs is 6. The summed E-state index contributed by atoms with van der Waals surface area (Å²) in [5.41, 5.74) is 31.8. The normalized spacial score (nSPS) is 13.5. The third kappa shape index (κ3) is 18.2. The summed E-state index contributed by atoms with van der Waals surface area (Å²) in [7, 11) is 0. The second kappa shape index (κ2) is 37.7. The van der Waals surface area contributed by atoms with E-state index in [1.807, 2.05) is 6.08 Å². The standard InChI is InChI=1S/C106H129N/c1-11-16-20-24-28-37-71-105(72-38-29-25-21-17-12-2)100-75-86(79(6)7)56-69-96(100)98-77-103-99(78-102(98)105)97-70-57-87(76-101(97)106(103,73-39-30-26-22-18-13-3)74-40-31-27-23-19-14-4)83-52-47-82(48-53-83)51-68-94(95-44-36-35-43-93(95)84-41-33-32-34-42-84)85-54-58-88(59-55-85)104(9,10)89-60-66-92(67-61-89)107(90-62-45-80(8)46-63-90)91-64-49-81(15-5)50-65-91/h15,32-36,41-50,52-67,69-70,75-79,94H,5,11-14,16-31,37-40,51,68,71-74H2,1-4,6-10H3. The minimum Gasteiger partial charge on any atom is -0.311 e. The Balaban J connectivity index is 0.873. The lowest BCUT2D eigenvalue weighted by atomic mass is 9.68. The molecule has 0 saturated carbocycles. The van der Waals surface area contributed by atoms with Crippen LogP contribution in [-0.4, -0.2) is 0 Å². The topological polar surface area (TPSA) is 3.24 Å². The molecule has 0 aliphatic heterocycles. The number of hydrogen-bond donors (Lipinski definition) is 0. The van der Waals surface area contributed by atoms with Gasteiger partial charge in [0.2, 0.25) is 0 Å². The summed E-state index contributed by atoms with van der Waals surface area (Å²) in [5.74, 6) is 0.682. The van der Waals surface area contributed by atoms with Crippen LogP contribution in [0, 0.1) is 6.92 Å². The zero-order valence-corrected chi connectivity index (χ0v) is 67.5. The van der Waals surface area contributed by atoms with Crippen LogP contribution in [0.15, 0.2) is 231 Å². The molecule has 1 nitrogen and oxygen atoms in total. The van der Waals surface area contributed by atoms with Gasteiger partial charge >= 0.3 is 0 Å². The molecule has 558 valence electrons. The fourth-order valence-corrected chi connectivity index (χ4v) is 18.8. The molecule has 0 radical (unpaired) electrons. The highest BCUT2D eigenvalue weighted by atomic mass is 15.1. The van der Waals surface area contributed by atoms with E-state index in [0.29, 0.717) is 5.92 Å². The number of unbranched alkanes of at least 4 members (excludes halogenated alkanes) is 20. The van der Waals surface area contributed by atoms with Gasteiger partial charge in [0.15, 0.2) is 0 Å². The van der Waals surface area contributed by atoms with Gasteiger partial charge in [-0.2, -0.15) is 0 Å². The van der Waals surface area contributed by atoms with Gasteiger partial charge in [-0.1, -0.05) is 398 Å². The first-order valence-electron chi connectivity index (χ1n) is 42.9. The van der Waals surface area contributed by atoms with Crippen LogP contribution in [0.3, 0.4) is 0 Å². The minimum absolute atomic E-state index is 0.0288. The van der Waals surface area contributed by atoms with Gasteiger partial charge < -0.3 is 4.90 Å². The maximum atomic E-state index is 4.01. The van der Waals surface area contributed by atoms with Crippen LogP contribution in [0.1, 0.15) is 320 Å². The van der Waals surface area contributed by atoms with Gasteiger partial charge in [-0.15, -0.1) is 0 Å². The molecule has 2 aliphatic rings. The van der Waals surface area contributed by atoms with Crippen LogP contribution in [0.5, 0.6) is 0 Å². The number of rotatable bonds is 42. The predicted molar refractivity (Wildman–Crippen MR) is 467 cm³/mol. The molecular weight excluding hydrogens is 1290 g/mol. The molecule has 0 N–H and O–H groups in total. The molecule has 1 unspecified atom stereocenters. The van der Waals surface area contributed by atoms with E-state index >= 15 is 0 Å². The third-order valence-electron chi connectivity index (χ3n) is 25.3. The molecule has 107 heavy (non-hydrogen) atoms. The van der Waals surface area contributed by atoms with E-state index in [2.05, 4.69) is 298 Å². The summed E-state index contributed by atoms with van der Waals surface area (Å²) in [6.07, 6.45) is 40.7. The number of nitrogens with zero attached hydrogens (tertiary/aromatic N) is 1. The maximum Gasteiger partial charge on any atom is 0.0462 e. The first kappa shape index (κ1) is 78.3. The number of benzene rings is 10. The first-order chi connectivity index (χ1) is 52.3. The molecule has 2 aliphatic carbocycles. The van der Waals surface area contributed by atoms with Crippen molar-refractivity contribution in [3.63, 3.8) is 0 Å². The van der Waals surface area contributed by atoms with Crippen molar-refractivity contribution in [2.45, 2.75) is 283 Å². The summed E-state index contributed by atoms with van der Waals surface area (Å²) >= 11 is 0. The fourth-order valence-electron chi connectivity index (χ4n) is 18.8. The summed E-state index contributed by atoms with van der Waals surface area (Å²) in [5, 5.41) is 0. The van der Waals surface area contributed by atoms with E-state index in [1.54, 1.807) is 38.9 Å². The molecule has 0 amide bonds. The van der Waals surface area contributed by atoms with Crippen molar-refractivity contribution < 1.29 is 0 Å². The molecule has 10 aromatic carbocycles. The Labute approximate surface area is 649 Å². The zero-order chi connectivity index (χ0) is 74.6. The van der Waals surface area contributed by atoms with Crippen LogP contribution in [0.4, 0.5) is 17.1 Å². The summed E-state index contributed by atoms with van der Waals surface area (Å²) in [6, 6.07) is 88.0. The lowest BCUT2D eigenvalue weighted by Crippen LogP contribution is -2.27. The average molecular weight is 1420 g/mol. The Morgan fingerprint density at radius 2 is 0.776 bits per heavy atom. The number of anilines is 3. The van der Waals surface area contributed by atoms with Crippen LogP contribution in [-0.2, 0) is 22.7 Å². The highest BCUT2D eigenvalue weighted by Gasteiger charge is 2.48. The molecule has 0 fully saturated rings. The Kier molecular flexibility index (Phi) is 27.6. The summed E-state index contributed by atoms with van der Waals surface area (Å²) in [6.45, 7) is 25.2. The molecule has 0 saturated heterocycles. The molecule has 1 atom stereocenters. The average Bonchev–Trinajstić information content (AvgIpc) is 1.53.